The molecule has 0 bridgehead atoms. The minimum absolute atomic E-state index is 0.372. The maximum atomic E-state index is 5.55. The van der Waals surface area contributed by atoms with Crippen LogP contribution < -0.4 is 5.32 Å². The highest BCUT2D eigenvalue weighted by molar-refractivity contribution is 5.14. The zero-order valence-electron chi connectivity index (χ0n) is 13.0. The molecule has 0 atom stereocenters. The van der Waals surface area contributed by atoms with Gasteiger partial charge < -0.3 is 10.1 Å². The van der Waals surface area contributed by atoms with E-state index in [1.807, 2.05) is 0 Å². The topological polar surface area (TPSA) is 24.5 Å². The van der Waals surface area contributed by atoms with Crippen molar-refractivity contribution in [1.29, 1.82) is 0 Å². The second-order valence-electron chi connectivity index (χ2n) is 6.47. The lowest BCUT2D eigenvalue weighted by molar-refractivity contribution is -0.0369. The zero-order valence-corrected chi connectivity index (χ0v) is 13.0. The fourth-order valence-electron chi connectivity index (χ4n) is 3.89. The molecule has 2 fully saturated rings. The van der Waals surface area contributed by atoms with Gasteiger partial charge in [0, 0.05) is 31.7 Å². The van der Waals surface area contributed by atoms with Crippen molar-refractivity contribution >= 4 is 0 Å². The number of nitrogens with zero attached hydrogens (tertiary/aromatic N) is 1. The zero-order chi connectivity index (χ0) is 14.4. The summed E-state index contributed by atoms with van der Waals surface area (Å²) in [6.07, 6.45) is 6.85. The Morgan fingerprint density at radius 3 is 2.43 bits per heavy atom. The van der Waals surface area contributed by atoms with Crippen LogP contribution in [0.15, 0.2) is 30.3 Å². The molecule has 21 heavy (non-hydrogen) atoms. The molecule has 3 nitrogen and oxygen atoms in total. The molecule has 3 heteroatoms. The predicted octanol–water partition coefficient (Wildman–Crippen LogP) is 2.81. The molecule has 1 aliphatic carbocycles. The van der Waals surface area contributed by atoms with Gasteiger partial charge in [-0.1, -0.05) is 49.6 Å². The smallest absolute Gasteiger partial charge is 0.0594 e. The number of ether oxygens (including phenoxy) is 1. The Morgan fingerprint density at radius 1 is 1.00 bits per heavy atom. The van der Waals surface area contributed by atoms with E-state index in [-0.39, 0.29) is 0 Å². The van der Waals surface area contributed by atoms with Gasteiger partial charge in [0.1, 0.15) is 0 Å². The van der Waals surface area contributed by atoms with Crippen molar-refractivity contribution in [3.63, 3.8) is 0 Å². The third kappa shape index (κ3) is 3.85. The van der Waals surface area contributed by atoms with Crippen LogP contribution in [0.25, 0.3) is 0 Å². The molecular formula is C18H28N2O. The van der Waals surface area contributed by atoms with Crippen LogP contribution in [0.3, 0.4) is 0 Å². The van der Waals surface area contributed by atoms with Crippen LogP contribution in [-0.4, -0.2) is 43.3 Å². The van der Waals surface area contributed by atoms with Gasteiger partial charge in [-0.25, -0.2) is 0 Å². The highest BCUT2D eigenvalue weighted by Gasteiger charge is 2.38. The summed E-state index contributed by atoms with van der Waals surface area (Å²) in [5.74, 6) is 0. The van der Waals surface area contributed by atoms with Crippen LogP contribution in [0.5, 0.6) is 0 Å². The van der Waals surface area contributed by atoms with Gasteiger partial charge in [-0.2, -0.15) is 0 Å². The molecule has 0 amide bonds. The lowest BCUT2D eigenvalue weighted by atomic mass is 9.79. The normalized spacial score (nSPS) is 23.0. The van der Waals surface area contributed by atoms with Crippen molar-refractivity contribution in [1.82, 2.24) is 10.2 Å². The van der Waals surface area contributed by atoms with Gasteiger partial charge in [0.25, 0.3) is 0 Å². The van der Waals surface area contributed by atoms with E-state index in [4.69, 9.17) is 4.74 Å². The molecule has 0 spiro atoms. The average molecular weight is 288 g/mol. The Bertz CT molecular complexity index is 408. The summed E-state index contributed by atoms with van der Waals surface area (Å²) < 4.78 is 5.55. The Kier molecular flexibility index (Phi) is 5.28. The third-order valence-corrected chi connectivity index (χ3v) is 5.09. The Morgan fingerprint density at radius 2 is 1.71 bits per heavy atom. The van der Waals surface area contributed by atoms with E-state index in [2.05, 4.69) is 40.5 Å². The molecule has 0 aromatic heterocycles. The molecule has 0 unspecified atom stereocenters. The standard InChI is InChI=1S/C18H28N2O/c1-3-7-17(8-4-1)15-19-16-18(9-5-2-6-10-18)20-11-13-21-14-12-20/h1,3-4,7-8,19H,2,5-6,9-16H2. The van der Waals surface area contributed by atoms with Crippen LogP contribution in [0.1, 0.15) is 37.7 Å². The van der Waals surface area contributed by atoms with E-state index in [1.165, 1.54) is 37.7 Å². The second kappa shape index (κ2) is 7.39. The van der Waals surface area contributed by atoms with E-state index in [9.17, 15) is 0 Å². The minimum atomic E-state index is 0.372. The maximum absolute atomic E-state index is 5.55. The Balaban J connectivity index is 1.59. The molecule has 1 aliphatic heterocycles. The van der Waals surface area contributed by atoms with Crippen molar-refractivity contribution in [3.8, 4) is 0 Å². The Hall–Kier alpha value is -0.900. The highest BCUT2D eigenvalue weighted by Crippen LogP contribution is 2.33. The van der Waals surface area contributed by atoms with Gasteiger partial charge >= 0.3 is 0 Å². The van der Waals surface area contributed by atoms with Crippen molar-refractivity contribution < 1.29 is 4.74 Å². The predicted molar refractivity (Wildman–Crippen MR) is 86.4 cm³/mol. The number of nitrogens with one attached hydrogen (secondary N) is 1. The van der Waals surface area contributed by atoms with Crippen LogP contribution in [0.2, 0.25) is 0 Å². The number of hydrogen-bond donors (Lipinski definition) is 1. The highest BCUT2D eigenvalue weighted by atomic mass is 16.5. The molecule has 3 rings (SSSR count). The fraction of sp³-hybridized carbons (Fsp3) is 0.667. The van der Waals surface area contributed by atoms with Gasteiger partial charge in [-0.15, -0.1) is 0 Å². The van der Waals surface area contributed by atoms with E-state index in [0.717, 1.165) is 39.4 Å². The summed E-state index contributed by atoms with van der Waals surface area (Å²) >= 11 is 0. The molecule has 1 saturated heterocycles. The maximum Gasteiger partial charge on any atom is 0.0594 e. The monoisotopic (exact) mass is 288 g/mol. The number of rotatable bonds is 5. The molecule has 1 aromatic carbocycles. The first-order valence-electron chi connectivity index (χ1n) is 8.47. The van der Waals surface area contributed by atoms with Crippen LogP contribution in [0, 0.1) is 0 Å². The quantitative estimate of drug-likeness (QED) is 0.901. The van der Waals surface area contributed by atoms with E-state index in [0.29, 0.717) is 5.54 Å². The molecule has 0 radical (unpaired) electrons. The second-order valence-corrected chi connectivity index (χ2v) is 6.47. The summed E-state index contributed by atoms with van der Waals surface area (Å²) in [5, 5.41) is 3.73. The summed E-state index contributed by atoms with van der Waals surface area (Å²) in [6, 6.07) is 10.7. The molecule has 116 valence electrons. The lowest BCUT2D eigenvalue weighted by Crippen LogP contribution is -2.59. The van der Waals surface area contributed by atoms with Crippen molar-refractivity contribution in [2.75, 3.05) is 32.8 Å². The molecule has 1 aromatic rings. The van der Waals surface area contributed by atoms with E-state index < -0.39 is 0 Å². The van der Waals surface area contributed by atoms with Crippen molar-refractivity contribution in [3.05, 3.63) is 35.9 Å². The number of morpholine rings is 1. The van der Waals surface area contributed by atoms with Gasteiger partial charge in [-0.05, 0) is 18.4 Å². The lowest BCUT2D eigenvalue weighted by Gasteiger charge is -2.48. The van der Waals surface area contributed by atoms with Gasteiger partial charge in [-0.3, -0.25) is 4.90 Å². The molecule has 1 saturated carbocycles. The summed E-state index contributed by atoms with van der Waals surface area (Å²) in [4.78, 5) is 2.70. The van der Waals surface area contributed by atoms with Gasteiger partial charge in [0.2, 0.25) is 0 Å². The average Bonchev–Trinajstić information content (AvgIpc) is 2.58. The third-order valence-electron chi connectivity index (χ3n) is 5.09. The Labute approximate surface area is 128 Å². The SMILES string of the molecule is c1ccc(CNCC2(N3CCOCC3)CCCCC2)cc1. The van der Waals surface area contributed by atoms with Crippen LogP contribution in [-0.2, 0) is 11.3 Å². The minimum Gasteiger partial charge on any atom is -0.379 e. The molecular weight excluding hydrogens is 260 g/mol. The summed E-state index contributed by atoms with van der Waals surface area (Å²) in [7, 11) is 0. The fourth-order valence-corrected chi connectivity index (χ4v) is 3.89. The van der Waals surface area contributed by atoms with Crippen molar-refractivity contribution in [2.24, 2.45) is 0 Å². The van der Waals surface area contributed by atoms with Gasteiger partial charge in [0.05, 0.1) is 13.2 Å². The first-order chi connectivity index (χ1) is 10.4. The van der Waals surface area contributed by atoms with Crippen LogP contribution >= 0.6 is 0 Å². The van der Waals surface area contributed by atoms with Crippen molar-refractivity contribution in [2.45, 2.75) is 44.2 Å². The van der Waals surface area contributed by atoms with Crippen LogP contribution in [0.4, 0.5) is 0 Å². The first kappa shape index (κ1) is 15.0. The molecule has 1 N–H and O–H groups in total. The van der Waals surface area contributed by atoms with E-state index >= 15 is 0 Å². The molecule has 2 aliphatic rings. The number of hydrogen-bond acceptors (Lipinski definition) is 3. The molecule has 1 heterocycles. The largest absolute Gasteiger partial charge is 0.379 e. The summed E-state index contributed by atoms with van der Waals surface area (Å²) in [6.45, 7) is 6.11. The van der Waals surface area contributed by atoms with E-state index in [1.54, 1.807) is 0 Å². The first-order valence-corrected chi connectivity index (χ1v) is 8.47. The summed E-state index contributed by atoms with van der Waals surface area (Å²) in [5.41, 5.74) is 1.75. The van der Waals surface area contributed by atoms with Gasteiger partial charge in [0.15, 0.2) is 0 Å². The number of benzene rings is 1.